The predicted octanol–water partition coefficient (Wildman–Crippen LogP) is 1.44. The number of hydrogen-bond acceptors (Lipinski definition) is 6. The van der Waals surface area contributed by atoms with Gasteiger partial charge in [-0.05, 0) is 10.8 Å². The minimum atomic E-state index is -1.21. The molecule has 0 saturated heterocycles. The van der Waals surface area contributed by atoms with E-state index in [1.807, 2.05) is 0 Å². The highest BCUT2D eigenvalue weighted by Gasteiger charge is 2.40. The number of benzene rings is 4. The zero-order valence-corrected chi connectivity index (χ0v) is 11.8. The molecule has 0 radical (unpaired) electrons. The number of rotatable bonds is 4. The van der Waals surface area contributed by atoms with Crippen LogP contribution in [-0.2, 0) is 0 Å². The lowest BCUT2D eigenvalue weighted by Crippen LogP contribution is -2.20. The molecular formula is C14H8N4O6. The molecule has 2 bridgehead atoms. The summed E-state index contributed by atoms with van der Waals surface area (Å²) in [6.07, 6.45) is 0. The van der Waals surface area contributed by atoms with Crippen LogP contribution < -0.4 is 11.5 Å². The molecule has 10 nitrogen and oxygen atoms in total. The summed E-state index contributed by atoms with van der Waals surface area (Å²) >= 11 is 0. The number of nitro groups is 2. The van der Waals surface area contributed by atoms with Crippen molar-refractivity contribution >= 4 is 44.7 Å². The third-order valence-electron chi connectivity index (χ3n) is 3.77. The molecule has 0 atom stereocenters. The van der Waals surface area contributed by atoms with E-state index in [2.05, 4.69) is 0 Å². The van der Waals surface area contributed by atoms with E-state index in [0.29, 0.717) is 10.8 Å². The van der Waals surface area contributed by atoms with Crippen LogP contribution in [0.3, 0.4) is 0 Å². The molecule has 4 aromatic carbocycles. The second kappa shape index (κ2) is 4.84. The van der Waals surface area contributed by atoms with Gasteiger partial charge in [0.05, 0.1) is 9.85 Å². The summed E-state index contributed by atoms with van der Waals surface area (Å²) < 4.78 is 0. The van der Waals surface area contributed by atoms with E-state index in [0.717, 1.165) is 0 Å². The van der Waals surface area contributed by atoms with Crippen LogP contribution in [0.5, 0.6) is 0 Å². The summed E-state index contributed by atoms with van der Waals surface area (Å²) in [5, 5.41) is 23.6. The number of nitrogens with two attached hydrogens (primary N) is 2. The third kappa shape index (κ3) is 1.83. The van der Waals surface area contributed by atoms with Gasteiger partial charge < -0.3 is 11.5 Å². The van der Waals surface area contributed by atoms with Crippen molar-refractivity contribution in [2.75, 3.05) is 0 Å². The number of nitrogens with zero attached hydrogens (tertiary/aromatic N) is 2. The van der Waals surface area contributed by atoms with Crippen molar-refractivity contribution in [2.24, 2.45) is 11.5 Å². The maximum absolute atomic E-state index is 11.8. The Labute approximate surface area is 132 Å². The third-order valence-corrected chi connectivity index (χ3v) is 3.77. The van der Waals surface area contributed by atoms with E-state index in [1.165, 1.54) is 0 Å². The first-order chi connectivity index (χ1) is 11.3. The Kier molecular flexibility index (Phi) is 3.04. The molecule has 0 heterocycles. The lowest BCUT2D eigenvalue weighted by Gasteiger charge is -2.14. The average Bonchev–Trinajstić information content (AvgIpc) is 2.52. The van der Waals surface area contributed by atoms with E-state index in [-0.39, 0.29) is 10.8 Å². The van der Waals surface area contributed by atoms with Crippen molar-refractivity contribution in [3.8, 4) is 0 Å². The van der Waals surface area contributed by atoms with Gasteiger partial charge in [0.15, 0.2) is 0 Å². The molecule has 0 saturated carbocycles. The molecule has 120 valence electrons. The van der Waals surface area contributed by atoms with Gasteiger partial charge in [-0.1, -0.05) is 24.3 Å². The lowest BCUT2D eigenvalue weighted by atomic mass is 9.89. The number of hydrogen-bond donors (Lipinski definition) is 2. The van der Waals surface area contributed by atoms with Crippen molar-refractivity contribution in [3.05, 3.63) is 55.6 Å². The number of carbonyl (C=O) groups is 2. The van der Waals surface area contributed by atoms with Crippen LogP contribution in [0.1, 0.15) is 20.7 Å². The first-order valence-electron chi connectivity index (χ1n) is 6.48. The van der Waals surface area contributed by atoms with Crippen molar-refractivity contribution < 1.29 is 19.4 Å². The second-order valence-electron chi connectivity index (χ2n) is 5.02. The van der Waals surface area contributed by atoms with E-state index in [9.17, 15) is 29.8 Å². The molecule has 0 aliphatic rings. The molecule has 4 aromatic rings. The molecular weight excluding hydrogens is 320 g/mol. The molecule has 0 fully saturated rings. The lowest BCUT2D eigenvalue weighted by molar-refractivity contribution is -0.422. The van der Waals surface area contributed by atoms with Gasteiger partial charge in [-0.15, -0.1) is 0 Å². The predicted molar refractivity (Wildman–Crippen MR) is 83.0 cm³/mol. The fraction of sp³-hybridized carbons (Fsp3) is 0. The Morgan fingerprint density at radius 3 is 1.25 bits per heavy atom. The van der Waals surface area contributed by atoms with Crippen molar-refractivity contribution in [2.45, 2.75) is 0 Å². The van der Waals surface area contributed by atoms with Crippen LogP contribution in [0.2, 0.25) is 0 Å². The number of amides is 2. The van der Waals surface area contributed by atoms with E-state index in [1.54, 1.807) is 24.3 Å². The van der Waals surface area contributed by atoms with Crippen LogP contribution in [0, 0.1) is 20.2 Å². The Balaban J connectivity index is 2.80. The maximum atomic E-state index is 11.8. The van der Waals surface area contributed by atoms with Gasteiger partial charge in [-0.25, -0.2) is 0 Å². The molecule has 0 aromatic heterocycles. The Bertz CT molecular complexity index is 969. The number of nitro benzene ring substituents is 2. The fourth-order valence-electron chi connectivity index (χ4n) is 2.94. The SMILES string of the molecule is NC(=O)c1c([N+](=O)[O-])c([N+](=O)[O-])c(C(N)=O)c2c3ccc(cc3)c12. The van der Waals surface area contributed by atoms with Gasteiger partial charge in [-0.3, -0.25) is 29.8 Å². The average molecular weight is 328 g/mol. The molecule has 0 aliphatic carbocycles. The number of fused-ring (bicyclic) bond motifs is 2. The van der Waals surface area contributed by atoms with E-state index in [4.69, 9.17) is 11.5 Å². The monoisotopic (exact) mass is 328 g/mol. The normalized spacial score (nSPS) is 11.0. The van der Waals surface area contributed by atoms with E-state index >= 15 is 0 Å². The van der Waals surface area contributed by atoms with Crippen molar-refractivity contribution in [1.82, 2.24) is 0 Å². The fourth-order valence-corrected chi connectivity index (χ4v) is 2.94. The largest absolute Gasteiger partial charge is 0.365 e. The van der Waals surface area contributed by atoms with Crippen LogP contribution in [0.25, 0.3) is 21.5 Å². The zero-order valence-electron chi connectivity index (χ0n) is 11.8. The van der Waals surface area contributed by atoms with Crippen molar-refractivity contribution in [1.29, 1.82) is 0 Å². The summed E-state index contributed by atoms with van der Waals surface area (Å²) in [6, 6.07) is 6.24. The topological polar surface area (TPSA) is 172 Å². The first-order valence-corrected chi connectivity index (χ1v) is 6.48. The quantitative estimate of drug-likeness (QED) is 0.541. The van der Waals surface area contributed by atoms with Gasteiger partial charge in [0, 0.05) is 10.8 Å². The van der Waals surface area contributed by atoms with Gasteiger partial charge in [0.25, 0.3) is 11.8 Å². The number of primary amides is 2. The molecule has 4 N–H and O–H groups in total. The summed E-state index contributed by atoms with van der Waals surface area (Å²) in [6.45, 7) is 0. The summed E-state index contributed by atoms with van der Waals surface area (Å²) in [5.74, 6) is -2.42. The Morgan fingerprint density at radius 1 is 0.750 bits per heavy atom. The van der Waals surface area contributed by atoms with Gasteiger partial charge in [0.2, 0.25) is 0 Å². The first kappa shape index (κ1) is 15.1. The standard InChI is InChI=1S/C14H8N4O6/c15-13(19)9-7-5-1-2-6(4-3-5)8(7)10(14(16)20)12(18(23)24)11(9)17(21)22/h1-4H,(H2,15,19)(H2,16,20). The molecule has 0 spiro atoms. The molecule has 4 rings (SSSR count). The van der Waals surface area contributed by atoms with Crippen LogP contribution in [0.15, 0.2) is 24.3 Å². The minimum Gasteiger partial charge on any atom is -0.365 e. The van der Waals surface area contributed by atoms with Gasteiger partial charge in [0.1, 0.15) is 11.1 Å². The summed E-state index contributed by atoms with van der Waals surface area (Å²) in [5.41, 5.74) is 6.99. The highest BCUT2D eigenvalue weighted by Crippen LogP contribution is 2.44. The van der Waals surface area contributed by atoms with Gasteiger partial charge in [-0.2, -0.15) is 0 Å². The number of carbonyl (C=O) groups excluding carboxylic acids is 2. The van der Waals surface area contributed by atoms with Crippen LogP contribution >= 0.6 is 0 Å². The molecule has 0 unspecified atom stereocenters. The van der Waals surface area contributed by atoms with Gasteiger partial charge >= 0.3 is 11.4 Å². The minimum absolute atomic E-state index is 0.00796. The van der Waals surface area contributed by atoms with E-state index < -0.39 is 44.2 Å². The highest BCUT2D eigenvalue weighted by atomic mass is 16.6. The smallest absolute Gasteiger partial charge is 0.360 e. The summed E-state index contributed by atoms with van der Waals surface area (Å²) in [4.78, 5) is 44.3. The summed E-state index contributed by atoms with van der Waals surface area (Å²) in [7, 11) is 0. The maximum Gasteiger partial charge on any atom is 0.360 e. The molecule has 10 heteroatoms. The van der Waals surface area contributed by atoms with Crippen molar-refractivity contribution in [3.63, 3.8) is 0 Å². The molecule has 24 heavy (non-hydrogen) atoms. The highest BCUT2D eigenvalue weighted by molar-refractivity contribution is 6.28. The zero-order chi connectivity index (χ0) is 17.8. The molecule has 2 amide bonds. The second-order valence-corrected chi connectivity index (χ2v) is 5.02. The molecule has 0 aliphatic heterocycles. The Morgan fingerprint density at radius 2 is 1.04 bits per heavy atom. The Hall–Kier alpha value is -3.82. The van der Waals surface area contributed by atoms with Crippen LogP contribution in [0.4, 0.5) is 11.4 Å². The van der Waals surface area contributed by atoms with Crippen LogP contribution in [-0.4, -0.2) is 21.7 Å².